The molecule has 0 saturated heterocycles. The van der Waals surface area contributed by atoms with E-state index in [1.54, 1.807) is 4.90 Å². The highest BCUT2D eigenvalue weighted by Crippen LogP contribution is 2.33. The second kappa shape index (κ2) is 9.26. The molecule has 1 aromatic rings. The number of benzene rings is 1. The van der Waals surface area contributed by atoms with Crippen LogP contribution in [0.15, 0.2) is 29.2 Å². The summed E-state index contributed by atoms with van der Waals surface area (Å²) in [5.41, 5.74) is -0.959. The highest BCUT2D eigenvalue weighted by molar-refractivity contribution is 7.92. The van der Waals surface area contributed by atoms with Gasteiger partial charge >= 0.3 is 6.18 Å². The second-order valence-corrected chi connectivity index (χ2v) is 9.22. The van der Waals surface area contributed by atoms with Crippen LogP contribution in [-0.2, 0) is 20.8 Å². The Balaban J connectivity index is 1.96. The van der Waals surface area contributed by atoms with Crippen LogP contribution in [0.25, 0.3) is 0 Å². The molecule has 1 fully saturated rings. The van der Waals surface area contributed by atoms with E-state index in [-0.39, 0.29) is 23.4 Å². The van der Waals surface area contributed by atoms with Gasteiger partial charge in [0.2, 0.25) is 5.91 Å². The smallest absolute Gasteiger partial charge is 0.342 e. The molecule has 1 saturated carbocycles. The molecule has 0 heterocycles. The molecule has 1 amide bonds. The zero-order valence-corrected chi connectivity index (χ0v) is 16.9. The standard InChI is InChI=1S/C19H27F3N2O3S/c1-3-24(4-2)18(25)13-23-15-8-10-16(11-9-15)28(26,27)17-7-5-6-14(12-17)19(20,21)22/h5-7,12,15-16,23H,3-4,8-11,13H2,1-2H3/t15-,16-. The first-order chi connectivity index (χ1) is 13.1. The fraction of sp³-hybridized carbons (Fsp3) is 0.632. The van der Waals surface area contributed by atoms with Gasteiger partial charge in [-0.2, -0.15) is 13.2 Å². The average molecular weight is 420 g/mol. The summed E-state index contributed by atoms with van der Waals surface area (Å²) in [6.45, 7) is 5.30. The lowest BCUT2D eigenvalue weighted by Crippen LogP contribution is -2.43. The highest BCUT2D eigenvalue weighted by atomic mass is 32.2. The van der Waals surface area contributed by atoms with Crippen LogP contribution >= 0.6 is 0 Å². The lowest BCUT2D eigenvalue weighted by atomic mass is 9.95. The van der Waals surface area contributed by atoms with Gasteiger partial charge in [-0.15, -0.1) is 0 Å². The quantitative estimate of drug-likeness (QED) is 0.735. The van der Waals surface area contributed by atoms with E-state index < -0.39 is 26.8 Å². The minimum absolute atomic E-state index is 0.00344. The van der Waals surface area contributed by atoms with Crippen molar-refractivity contribution in [2.24, 2.45) is 0 Å². The van der Waals surface area contributed by atoms with Crippen molar-refractivity contribution in [2.75, 3.05) is 19.6 Å². The molecule has 0 aliphatic heterocycles. The Morgan fingerprint density at radius 2 is 1.75 bits per heavy atom. The van der Waals surface area contributed by atoms with Crippen LogP contribution in [0.4, 0.5) is 13.2 Å². The summed E-state index contributed by atoms with van der Waals surface area (Å²) in [5.74, 6) is 0.00344. The summed E-state index contributed by atoms with van der Waals surface area (Å²) in [6, 6.07) is 3.96. The summed E-state index contributed by atoms with van der Waals surface area (Å²) < 4.78 is 64.1. The number of sulfone groups is 1. The van der Waals surface area contributed by atoms with E-state index >= 15 is 0 Å². The maximum absolute atomic E-state index is 12.9. The van der Waals surface area contributed by atoms with Crippen molar-refractivity contribution in [3.8, 4) is 0 Å². The van der Waals surface area contributed by atoms with Crippen LogP contribution < -0.4 is 5.32 Å². The molecule has 5 nitrogen and oxygen atoms in total. The molecule has 9 heteroatoms. The summed E-state index contributed by atoms with van der Waals surface area (Å²) in [7, 11) is -3.82. The van der Waals surface area contributed by atoms with Gasteiger partial charge in [-0.3, -0.25) is 4.79 Å². The van der Waals surface area contributed by atoms with Crippen molar-refractivity contribution in [3.63, 3.8) is 0 Å². The van der Waals surface area contributed by atoms with E-state index in [0.717, 1.165) is 12.1 Å². The predicted octanol–water partition coefficient (Wildman–Crippen LogP) is 3.25. The molecule has 0 radical (unpaired) electrons. The van der Waals surface area contributed by atoms with Gasteiger partial charge in [-0.25, -0.2) is 8.42 Å². The lowest BCUT2D eigenvalue weighted by Gasteiger charge is -2.29. The monoisotopic (exact) mass is 420 g/mol. The third kappa shape index (κ3) is 5.47. The molecular weight excluding hydrogens is 393 g/mol. The van der Waals surface area contributed by atoms with Gasteiger partial charge < -0.3 is 10.2 Å². The van der Waals surface area contributed by atoms with Crippen molar-refractivity contribution in [1.29, 1.82) is 0 Å². The van der Waals surface area contributed by atoms with Gasteiger partial charge in [0.15, 0.2) is 9.84 Å². The van der Waals surface area contributed by atoms with Crippen molar-refractivity contribution in [1.82, 2.24) is 10.2 Å². The number of carbonyl (C=O) groups is 1. The molecule has 0 bridgehead atoms. The molecule has 2 rings (SSSR count). The highest BCUT2D eigenvalue weighted by Gasteiger charge is 2.35. The van der Waals surface area contributed by atoms with Gasteiger partial charge in [0.25, 0.3) is 0 Å². The molecule has 1 aromatic carbocycles. The number of hydrogen-bond acceptors (Lipinski definition) is 4. The first-order valence-electron chi connectivity index (χ1n) is 9.51. The number of nitrogens with zero attached hydrogens (tertiary/aromatic N) is 1. The third-order valence-corrected chi connectivity index (χ3v) is 7.52. The van der Waals surface area contributed by atoms with E-state index in [2.05, 4.69) is 5.32 Å². The fourth-order valence-corrected chi connectivity index (χ4v) is 5.38. The van der Waals surface area contributed by atoms with Crippen molar-refractivity contribution in [3.05, 3.63) is 29.8 Å². The van der Waals surface area contributed by atoms with E-state index in [1.807, 2.05) is 13.8 Å². The molecule has 1 aliphatic carbocycles. The Morgan fingerprint density at radius 1 is 1.14 bits per heavy atom. The number of nitrogens with one attached hydrogen (secondary N) is 1. The number of carbonyl (C=O) groups excluding carboxylic acids is 1. The topological polar surface area (TPSA) is 66.5 Å². The van der Waals surface area contributed by atoms with Gasteiger partial charge in [0.1, 0.15) is 0 Å². The van der Waals surface area contributed by atoms with E-state index in [0.29, 0.717) is 44.8 Å². The molecule has 0 aromatic heterocycles. The summed E-state index contributed by atoms with van der Waals surface area (Å²) >= 11 is 0. The lowest BCUT2D eigenvalue weighted by molar-refractivity contribution is -0.137. The maximum Gasteiger partial charge on any atom is 0.416 e. The first-order valence-corrected chi connectivity index (χ1v) is 11.1. The average Bonchev–Trinajstić information content (AvgIpc) is 2.67. The van der Waals surface area contributed by atoms with E-state index in [1.165, 1.54) is 6.07 Å². The van der Waals surface area contributed by atoms with Crippen LogP contribution in [0.3, 0.4) is 0 Å². The second-order valence-electron chi connectivity index (χ2n) is 6.99. The minimum atomic E-state index is -4.58. The van der Waals surface area contributed by atoms with Gasteiger partial charge in [0.05, 0.1) is 22.3 Å². The molecule has 158 valence electrons. The van der Waals surface area contributed by atoms with Crippen molar-refractivity contribution in [2.45, 2.75) is 61.9 Å². The summed E-state index contributed by atoms with van der Waals surface area (Å²) in [5, 5.41) is 2.48. The molecule has 28 heavy (non-hydrogen) atoms. The van der Waals surface area contributed by atoms with Crippen LogP contribution in [0, 0.1) is 0 Å². The predicted molar refractivity (Wildman–Crippen MR) is 101 cm³/mol. The Kier molecular flexibility index (Phi) is 7.50. The zero-order chi connectivity index (χ0) is 20.9. The van der Waals surface area contributed by atoms with Crippen LogP contribution in [-0.4, -0.2) is 50.2 Å². The molecule has 1 aliphatic rings. The van der Waals surface area contributed by atoms with E-state index in [4.69, 9.17) is 0 Å². The first kappa shape index (κ1) is 22.7. The molecule has 0 atom stereocenters. The molecular formula is C19H27F3N2O3S. The number of rotatable bonds is 7. The van der Waals surface area contributed by atoms with E-state index in [9.17, 15) is 26.4 Å². The third-order valence-electron chi connectivity index (χ3n) is 5.26. The van der Waals surface area contributed by atoms with Crippen LogP contribution in [0.5, 0.6) is 0 Å². The van der Waals surface area contributed by atoms with Gasteiger partial charge in [0, 0.05) is 19.1 Å². The normalized spacial score (nSPS) is 20.8. The zero-order valence-electron chi connectivity index (χ0n) is 16.1. The summed E-state index contributed by atoms with van der Waals surface area (Å²) in [4.78, 5) is 13.5. The van der Waals surface area contributed by atoms with Crippen molar-refractivity contribution < 1.29 is 26.4 Å². The molecule has 0 spiro atoms. The molecule has 0 unspecified atom stereocenters. The number of amides is 1. The van der Waals surface area contributed by atoms with Crippen LogP contribution in [0.2, 0.25) is 0 Å². The number of likely N-dealkylation sites (N-methyl/N-ethyl adjacent to an activating group) is 1. The maximum atomic E-state index is 12.9. The molecule has 1 N–H and O–H groups in total. The Morgan fingerprint density at radius 3 is 2.29 bits per heavy atom. The SMILES string of the molecule is CCN(CC)C(=O)CN[C@H]1CC[C@H](S(=O)(=O)c2cccc(C(F)(F)F)c2)CC1. The largest absolute Gasteiger partial charge is 0.416 e. The number of halogens is 3. The minimum Gasteiger partial charge on any atom is -0.342 e. The Hall–Kier alpha value is -1.61. The Labute approximate surface area is 164 Å². The van der Waals surface area contributed by atoms with Gasteiger partial charge in [-0.05, 0) is 57.7 Å². The summed E-state index contributed by atoms with van der Waals surface area (Å²) in [6.07, 6.45) is -2.74. The fourth-order valence-electron chi connectivity index (χ4n) is 3.54. The number of alkyl halides is 3. The van der Waals surface area contributed by atoms with Gasteiger partial charge in [-0.1, -0.05) is 6.07 Å². The van der Waals surface area contributed by atoms with Crippen LogP contribution in [0.1, 0.15) is 45.1 Å². The number of hydrogen-bond donors (Lipinski definition) is 1. The Bertz CT molecular complexity index is 769. The van der Waals surface area contributed by atoms with Crippen molar-refractivity contribution >= 4 is 15.7 Å².